The van der Waals surface area contributed by atoms with Crippen LogP contribution in [-0.4, -0.2) is 25.1 Å². The summed E-state index contributed by atoms with van der Waals surface area (Å²) in [5.41, 5.74) is 2.30. The fraction of sp³-hybridized carbons (Fsp3) is 0.158. The Hall–Kier alpha value is -1.62. The number of aryl methyl sites for hydroxylation is 1. The first kappa shape index (κ1) is 23.1. The fourth-order valence-electron chi connectivity index (χ4n) is 2.53. The van der Waals surface area contributed by atoms with Gasteiger partial charge in [0.1, 0.15) is 0 Å². The Balaban J connectivity index is 1.59. The number of anilines is 1. The second-order valence-corrected chi connectivity index (χ2v) is 11.0. The summed E-state index contributed by atoms with van der Waals surface area (Å²) in [5, 5.41) is 9.05. The maximum absolute atomic E-state index is 12.2. The molecule has 0 atom stereocenters. The fourth-order valence-corrected chi connectivity index (χ4v) is 5.48. The van der Waals surface area contributed by atoms with E-state index in [4.69, 9.17) is 28.3 Å². The minimum Gasteiger partial charge on any atom is -0.325 e. The zero-order valence-corrected chi connectivity index (χ0v) is 19.6. The van der Waals surface area contributed by atoms with E-state index in [0.29, 0.717) is 22.2 Å². The van der Waals surface area contributed by atoms with Crippen molar-refractivity contribution in [1.82, 2.24) is 4.98 Å². The molecule has 0 saturated carbocycles. The number of nitrogens with two attached hydrogens (primary N) is 1. The van der Waals surface area contributed by atoms with Crippen molar-refractivity contribution < 1.29 is 13.2 Å². The molecule has 0 bridgehead atoms. The molecule has 0 fully saturated rings. The van der Waals surface area contributed by atoms with E-state index in [1.807, 2.05) is 13.0 Å². The van der Waals surface area contributed by atoms with Crippen LogP contribution in [0.15, 0.2) is 51.7 Å². The zero-order chi connectivity index (χ0) is 21.9. The summed E-state index contributed by atoms with van der Waals surface area (Å²) in [6, 6.07) is 11.0. The number of sulfonamides is 1. The lowest BCUT2D eigenvalue weighted by Gasteiger charge is -2.05. The van der Waals surface area contributed by atoms with Crippen LogP contribution < -0.4 is 10.5 Å². The van der Waals surface area contributed by atoms with Gasteiger partial charge in [-0.25, -0.2) is 18.5 Å². The van der Waals surface area contributed by atoms with Gasteiger partial charge in [-0.3, -0.25) is 4.79 Å². The second-order valence-electron chi connectivity index (χ2n) is 6.31. The number of primary sulfonamides is 1. The van der Waals surface area contributed by atoms with Crippen molar-refractivity contribution in [3.05, 3.63) is 68.6 Å². The number of carbonyl (C=O) groups is 1. The van der Waals surface area contributed by atoms with Crippen LogP contribution in [0.2, 0.25) is 10.0 Å². The Morgan fingerprint density at radius 2 is 1.90 bits per heavy atom. The van der Waals surface area contributed by atoms with E-state index in [9.17, 15) is 13.2 Å². The predicted molar refractivity (Wildman–Crippen MR) is 123 cm³/mol. The van der Waals surface area contributed by atoms with Gasteiger partial charge in [-0.2, -0.15) is 0 Å². The number of amides is 1. The van der Waals surface area contributed by atoms with E-state index >= 15 is 0 Å². The van der Waals surface area contributed by atoms with Crippen molar-refractivity contribution in [2.45, 2.75) is 22.6 Å². The average molecular weight is 502 g/mol. The number of thioether (sulfide) groups is 1. The zero-order valence-electron chi connectivity index (χ0n) is 15.7. The van der Waals surface area contributed by atoms with E-state index < -0.39 is 10.0 Å². The van der Waals surface area contributed by atoms with E-state index in [1.165, 1.54) is 47.4 Å². The Bertz CT molecular complexity index is 1180. The van der Waals surface area contributed by atoms with Crippen LogP contribution in [-0.2, 0) is 21.2 Å². The molecule has 0 saturated heterocycles. The summed E-state index contributed by atoms with van der Waals surface area (Å²) in [7, 11) is -3.76. The van der Waals surface area contributed by atoms with Gasteiger partial charge in [-0.05, 0) is 55.0 Å². The minimum atomic E-state index is -3.76. The molecule has 3 rings (SSSR count). The topological polar surface area (TPSA) is 102 Å². The van der Waals surface area contributed by atoms with Crippen molar-refractivity contribution in [2.75, 3.05) is 11.1 Å². The molecule has 0 spiro atoms. The lowest BCUT2D eigenvalue weighted by molar-refractivity contribution is -0.113. The molecule has 6 nitrogen and oxygen atoms in total. The highest BCUT2D eigenvalue weighted by Crippen LogP contribution is 2.31. The van der Waals surface area contributed by atoms with Crippen molar-refractivity contribution in [3.8, 4) is 0 Å². The molecule has 3 N–H and O–H groups in total. The number of carbonyl (C=O) groups excluding carboxylic acids is 1. The highest BCUT2D eigenvalue weighted by molar-refractivity contribution is 8.01. The number of thiazole rings is 1. The summed E-state index contributed by atoms with van der Waals surface area (Å²) in [6.45, 7) is 1.92. The summed E-state index contributed by atoms with van der Waals surface area (Å²) in [5.74, 6) is -0.0583. The highest BCUT2D eigenvalue weighted by Gasteiger charge is 2.13. The smallest absolute Gasteiger partial charge is 0.238 e. The molecule has 30 heavy (non-hydrogen) atoms. The Morgan fingerprint density at radius 1 is 1.20 bits per heavy atom. The van der Waals surface area contributed by atoms with Gasteiger partial charge >= 0.3 is 0 Å². The molecule has 1 heterocycles. The summed E-state index contributed by atoms with van der Waals surface area (Å²) in [4.78, 5) is 17.8. The molecule has 0 aliphatic rings. The van der Waals surface area contributed by atoms with Gasteiger partial charge in [-0.1, -0.05) is 35.0 Å². The third-order valence-electron chi connectivity index (χ3n) is 4.03. The number of rotatable bonds is 7. The van der Waals surface area contributed by atoms with Gasteiger partial charge in [0.05, 0.1) is 16.3 Å². The van der Waals surface area contributed by atoms with Gasteiger partial charge in [-0.15, -0.1) is 11.3 Å². The Morgan fingerprint density at radius 3 is 2.57 bits per heavy atom. The third kappa shape index (κ3) is 6.19. The van der Waals surface area contributed by atoms with Crippen LogP contribution in [0.25, 0.3) is 0 Å². The van der Waals surface area contributed by atoms with Crippen molar-refractivity contribution in [2.24, 2.45) is 5.14 Å². The number of benzene rings is 2. The van der Waals surface area contributed by atoms with Crippen molar-refractivity contribution in [1.29, 1.82) is 0 Å². The van der Waals surface area contributed by atoms with Gasteiger partial charge in [0.15, 0.2) is 4.34 Å². The van der Waals surface area contributed by atoms with E-state index in [0.717, 1.165) is 20.5 Å². The molecule has 3 aromatic rings. The Labute approximate surface area is 192 Å². The second kappa shape index (κ2) is 9.67. The first-order valence-electron chi connectivity index (χ1n) is 8.57. The average Bonchev–Trinajstić information content (AvgIpc) is 3.02. The number of nitrogens with one attached hydrogen (secondary N) is 1. The lowest BCUT2D eigenvalue weighted by atomic mass is 10.1. The molecule has 0 aliphatic carbocycles. The minimum absolute atomic E-state index is 0.0135. The predicted octanol–water partition coefficient (Wildman–Crippen LogP) is 4.73. The number of halogens is 2. The van der Waals surface area contributed by atoms with Crippen LogP contribution in [0.5, 0.6) is 0 Å². The largest absolute Gasteiger partial charge is 0.325 e. The van der Waals surface area contributed by atoms with Gasteiger partial charge in [0.2, 0.25) is 15.9 Å². The van der Waals surface area contributed by atoms with E-state index in [2.05, 4.69) is 10.3 Å². The summed E-state index contributed by atoms with van der Waals surface area (Å²) < 4.78 is 23.3. The van der Waals surface area contributed by atoms with Gasteiger partial charge in [0, 0.05) is 27.0 Å². The molecular weight excluding hydrogens is 485 g/mol. The molecule has 1 aromatic heterocycles. The summed E-state index contributed by atoms with van der Waals surface area (Å²) in [6.07, 6.45) is 0.617. The van der Waals surface area contributed by atoms with Crippen LogP contribution in [0.4, 0.5) is 5.69 Å². The molecular formula is C19H17Cl2N3O3S3. The van der Waals surface area contributed by atoms with Crippen LogP contribution in [0.3, 0.4) is 0 Å². The first-order chi connectivity index (χ1) is 14.1. The van der Waals surface area contributed by atoms with Crippen LogP contribution in [0, 0.1) is 6.92 Å². The standard InChI is InChI=1S/C19H17Cl2N3O3S3/c1-11-17(9-12-8-13(20)2-7-16(12)21)29-19(23-11)28-10-18(25)24-14-3-5-15(6-4-14)30(22,26)27/h2-8H,9-10H2,1H3,(H,24,25)(H2,22,26,27). The Kier molecular flexibility index (Phi) is 7.43. The molecule has 0 aliphatic heterocycles. The van der Waals surface area contributed by atoms with Crippen molar-refractivity contribution in [3.63, 3.8) is 0 Å². The quantitative estimate of drug-likeness (QED) is 0.455. The third-order valence-corrected chi connectivity index (χ3v) is 7.86. The molecule has 2 aromatic carbocycles. The number of aromatic nitrogens is 1. The maximum Gasteiger partial charge on any atom is 0.238 e. The van der Waals surface area contributed by atoms with Crippen molar-refractivity contribution >= 4 is 67.9 Å². The number of nitrogens with zero attached hydrogens (tertiary/aromatic N) is 1. The molecule has 0 radical (unpaired) electrons. The lowest BCUT2D eigenvalue weighted by Crippen LogP contribution is -2.15. The van der Waals surface area contributed by atoms with E-state index in [-0.39, 0.29) is 16.6 Å². The monoisotopic (exact) mass is 501 g/mol. The number of hydrogen-bond acceptors (Lipinski definition) is 6. The van der Waals surface area contributed by atoms with Crippen LogP contribution in [0.1, 0.15) is 16.1 Å². The van der Waals surface area contributed by atoms with Gasteiger partial charge in [0.25, 0.3) is 0 Å². The number of hydrogen-bond donors (Lipinski definition) is 2. The molecule has 0 unspecified atom stereocenters. The normalized spacial score (nSPS) is 11.5. The molecule has 11 heteroatoms. The summed E-state index contributed by atoms with van der Waals surface area (Å²) >= 11 is 15.1. The van der Waals surface area contributed by atoms with Crippen LogP contribution >= 0.6 is 46.3 Å². The maximum atomic E-state index is 12.2. The van der Waals surface area contributed by atoms with Gasteiger partial charge < -0.3 is 5.32 Å². The highest BCUT2D eigenvalue weighted by atomic mass is 35.5. The first-order valence-corrected chi connectivity index (χ1v) is 12.7. The SMILES string of the molecule is Cc1nc(SCC(=O)Nc2ccc(S(N)(=O)=O)cc2)sc1Cc1cc(Cl)ccc1Cl. The molecule has 158 valence electrons. The molecule has 1 amide bonds. The van der Waals surface area contributed by atoms with E-state index in [1.54, 1.807) is 12.1 Å².